The molecule has 1 aliphatic carbocycles. The molecule has 1 aliphatic rings. The van der Waals surface area contributed by atoms with E-state index in [1.165, 1.54) is 29.1 Å². The van der Waals surface area contributed by atoms with E-state index >= 15 is 0 Å². The van der Waals surface area contributed by atoms with Gasteiger partial charge in [0.05, 0.1) is 4.90 Å². The van der Waals surface area contributed by atoms with Gasteiger partial charge in [0.1, 0.15) is 5.15 Å². The van der Waals surface area contributed by atoms with Gasteiger partial charge in [0.25, 0.3) is 0 Å². The Bertz CT molecular complexity index is 515. The Kier molecular flexibility index (Phi) is 4.25. The van der Waals surface area contributed by atoms with E-state index in [4.69, 9.17) is 11.6 Å². The molecule has 0 unspecified atom stereocenters. The molecule has 18 heavy (non-hydrogen) atoms. The van der Waals surface area contributed by atoms with Crippen LogP contribution in [0.5, 0.6) is 0 Å². The van der Waals surface area contributed by atoms with E-state index in [9.17, 15) is 8.42 Å². The van der Waals surface area contributed by atoms with Gasteiger partial charge < -0.3 is 0 Å². The number of aromatic nitrogens is 1. The van der Waals surface area contributed by atoms with Gasteiger partial charge in [-0.1, -0.05) is 24.9 Å². The summed E-state index contributed by atoms with van der Waals surface area (Å²) in [5, 5.41) is 0.204. The van der Waals surface area contributed by atoms with E-state index in [1.54, 1.807) is 0 Å². The van der Waals surface area contributed by atoms with Gasteiger partial charge in [0, 0.05) is 19.3 Å². The highest BCUT2D eigenvalue weighted by molar-refractivity contribution is 7.89. The molecule has 0 atom stereocenters. The van der Waals surface area contributed by atoms with Crippen LogP contribution in [0.1, 0.15) is 26.2 Å². The Hall–Kier alpha value is -0.650. The van der Waals surface area contributed by atoms with Crippen LogP contribution in [0.15, 0.2) is 23.2 Å². The lowest BCUT2D eigenvalue weighted by molar-refractivity contribution is 0.250. The highest BCUT2D eigenvalue weighted by Crippen LogP contribution is 2.29. The van der Waals surface area contributed by atoms with E-state index in [1.807, 2.05) is 6.92 Å². The van der Waals surface area contributed by atoms with Crippen molar-refractivity contribution in [3.63, 3.8) is 0 Å². The minimum atomic E-state index is -3.44. The molecule has 1 aromatic rings. The van der Waals surface area contributed by atoms with Gasteiger partial charge >= 0.3 is 0 Å². The lowest BCUT2D eigenvalue weighted by atomic mass is 9.85. The minimum absolute atomic E-state index is 0.204. The maximum atomic E-state index is 12.4. The predicted octanol–water partition coefficient (Wildman–Crippen LogP) is 2.55. The fourth-order valence-corrected chi connectivity index (χ4v) is 3.83. The molecule has 2 rings (SSSR count). The SMILES string of the molecule is CCN(CC1CCC1)S(=O)(=O)c1ccnc(Cl)c1. The molecule has 0 amide bonds. The fraction of sp³-hybridized carbons (Fsp3) is 0.583. The third-order valence-electron chi connectivity index (χ3n) is 3.38. The molecule has 4 nitrogen and oxygen atoms in total. The second-order valence-electron chi connectivity index (χ2n) is 4.57. The molecule has 1 heterocycles. The molecule has 100 valence electrons. The smallest absolute Gasteiger partial charge is 0.243 e. The molecule has 1 saturated carbocycles. The molecule has 6 heteroatoms. The van der Waals surface area contributed by atoms with Crippen molar-refractivity contribution < 1.29 is 8.42 Å². The summed E-state index contributed by atoms with van der Waals surface area (Å²) < 4.78 is 26.4. The van der Waals surface area contributed by atoms with Crippen LogP contribution < -0.4 is 0 Å². The number of hydrogen-bond acceptors (Lipinski definition) is 3. The first-order chi connectivity index (χ1) is 8.54. The molecular formula is C12H17ClN2O2S. The second-order valence-corrected chi connectivity index (χ2v) is 6.89. The first kappa shape index (κ1) is 13.8. The van der Waals surface area contributed by atoms with Crippen molar-refractivity contribution in [2.24, 2.45) is 5.92 Å². The first-order valence-electron chi connectivity index (χ1n) is 6.15. The zero-order valence-electron chi connectivity index (χ0n) is 10.3. The maximum absolute atomic E-state index is 12.4. The van der Waals surface area contributed by atoms with Crippen LogP contribution in [-0.2, 0) is 10.0 Å². The summed E-state index contributed by atoms with van der Waals surface area (Å²) in [5.41, 5.74) is 0. The fourth-order valence-electron chi connectivity index (χ4n) is 2.05. The number of nitrogens with zero attached hydrogens (tertiary/aromatic N) is 2. The summed E-state index contributed by atoms with van der Waals surface area (Å²) in [6.45, 7) is 2.95. The normalized spacial score (nSPS) is 16.8. The van der Waals surface area contributed by atoms with Gasteiger partial charge in [-0.3, -0.25) is 0 Å². The summed E-state index contributed by atoms with van der Waals surface area (Å²) in [6, 6.07) is 2.89. The van der Waals surface area contributed by atoms with E-state index in [-0.39, 0.29) is 10.0 Å². The summed E-state index contributed by atoms with van der Waals surface area (Å²) in [4.78, 5) is 4.03. The van der Waals surface area contributed by atoms with Gasteiger partial charge in [-0.25, -0.2) is 13.4 Å². The van der Waals surface area contributed by atoms with Gasteiger partial charge in [-0.15, -0.1) is 0 Å². The van der Waals surface area contributed by atoms with E-state index in [0.717, 1.165) is 12.8 Å². The van der Waals surface area contributed by atoms with Crippen molar-refractivity contribution in [2.75, 3.05) is 13.1 Å². The summed E-state index contributed by atoms with van der Waals surface area (Å²) in [5.74, 6) is 0.511. The average Bonchev–Trinajstić information content (AvgIpc) is 2.27. The van der Waals surface area contributed by atoms with Crippen LogP contribution >= 0.6 is 11.6 Å². The van der Waals surface area contributed by atoms with E-state index < -0.39 is 10.0 Å². The topological polar surface area (TPSA) is 50.3 Å². The molecule has 1 aromatic heterocycles. The van der Waals surface area contributed by atoms with Crippen molar-refractivity contribution in [3.05, 3.63) is 23.5 Å². The third-order valence-corrected chi connectivity index (χ3v) is 5.52. The molecule has 1 fully saturated rings. The predicted molar refractivity (Wildman–Crippen MR) is 71.0 cm³/mol. The average molecular weight is 289 g/mol. The van der Waals surface area contributed by atoms with Crippen LogP contribution in [0, 0.1) is 5.92 Å². The number of hydrogen-bond donors (Lipinski definition) is 0. The first-order valence-corrected chi connectivity index (χ1v) is 7.97. The van der Waals surface area contributed by atoms with Gasteiger partial charge in [0.2, 0.25) is 10.0 Å². The van der Waals surface area contributed by atoms with Gasteiger partial charge in [-0.2, -0.15) is 4.31 Å². The summed E-state index contributed by atoms with van der Waals surface area (Å²) >= 11 is 5.75. The highest BCUT2D eigenvalue weighted by atomic mass is 35.5. The van der Waals surface area contributed by atoms with Crippen molar-refractivity contribution in [1.29, 1.82) is 0 Å². The van der Waals surface area contributed by atoms with Crippen LogP contribution in [0.4, 0.5) is 0 Å². The van der Waals surface area contributed by atoms with Crippen molar-refractivity contribution in [2.45, 2.75) is 31.1 Å². The number of pyridine rings is 1. The Morgan fingerprint density at radius 2 is 2.22 bits per heavy atom. The number of halogens is 1. The molecule has 0 saturated heterocycles. The van der Waals surface area contributed by atoms with Crippen LogP contribution in [0.25, 0.3) is 0 Å². The Labute approximate surface area is 113 Å². The van der Waals surface area contributed by atoms with E-state index in [0.29, 0.717) is 19.0 Å². The zero-order valence-corrected chi connectivity index (χ0v) is 11.9. The number of rotatable bonds is 5. The zero-order chi connectivity index (χ0) is 13.2. The summed E-state index contributed by atoms with van der Waals surface area (Å²) in [6.07, 6.45) is 4.89. The molecule has 0 aromatic carbocycles. The maximum Gasteiger partial charge on any atom is 0.243 e. The second kappa shape index (κ2) is 5.55. The van der Waals surface area contributed by atoms with Crippen molar-refractivity contribution in [1.82, 2.24) is 9.29 Å². The van der Waals surface area contributed by atoms with Crippen LogP contribution in [0.2, 0.25) is 5.15 Å². The van der Waals surface area contributed by atoms with Crippen molar-refractivity contribution >= 4 is 21.6 Å². The Morgan fingerprint density at radius 3 is 2.72 bits per heavy atom. The highest BCUT2D eigenvalue weighted by Gasteiger charge is 2.28. The summed E-state index contributed by atoms with van der Waals surface area (Å²) in [7, 11) is -3.44. The molecule has 0 radical (unpaired) electrons. The van der Waals surface area contributed by atoms with Gasteiger partial charge in [0.15, 0.2) is 0 Å². The molecular weight excluding hydrogens is 272 g/mol. The largest absolute Gasteiger partial charge is 0.244 e. The third kappa shape index (κ3) is 2.84. The van der Waals surface area contributed by atoms with Crippen LogP contribution in [-0.4, -0.2) is 30.8 Å². The monoisotopic (exact) mass is 288 g/mol. The van der Waals surface area contributed by atoms with Crippen LogP contribution in [0.3, 0.4) is 0 Å². The minimum Gasteiger partial charge on any atom is -0.244 e. The molecule has 0 bridgehead atoms. The molecule has 0 aliphatic heterocycles. The van der Waals surface area contributed by atoms with E-state index in [2.05, 4.69) is 4.98 Å². The van der Waals surface area contributed by atoms with Crippen molar-refractivity contribution in [3.8, 4) is 0 Å². The quantitative estimate of drug-likeness (QED) is 0.783. The lowest BCUT2D eigenvalue weighted by Crippen LogP contribution is -2.37. The Balaban J connectivity index is 2.21. The number of sulfonamides is 1. The standard InChI is InChI=1S/C12H17ClN2O2S/c1-2-15(9-10-4-3-5-10)18(16,17)11-6-7-14-12(13)8-11/h6-8,10H,2-5,9H2,1H3. The Morgan fingerprint density at radius 1 is 1.50 bits per heavy atom. The molecule has 0 N–H and O–H groups in total. The molecule has 0 spiro atoms. The van der Waals surface area contributed by atoms with Gasteiger partial charge in [-0.05, 0) is 30.9 Å². The lowest BCUT2D eigenvalue weighted by Gasteiger charge is -2.31.